The number of rotatable bonds is 6. The van der Waals surface area contributed by atoms with Crippen LogP contribution >= 0.6 is 17.0 Å². The van der Waals surface area contributed by atoms with Crippen LogP contribution in [-0.4, -0.2) is 0 Å². The van der Waals surface area contributed by atoms with Crippen molar-refractivity contribution in [2.75, 3.05) is 0 Å². The van der Waals surface area contributed by atoms with E-state index in [4.69, 9.17) is 17.0 Å². The Labute approximate surface area is 150 Å². The van der Waals surface area contributed by atoms with Crippen LogP contribution in [0, 0.1) is 0 Å². The van der Waals surface area contributed by atoms with Gasteiger partial charge < -0.3 is 0 Å². The molecule has 118 valence electrons. The Balaban J connectivity index is 0.000000322. The van der Waals surface area contributed by atoms with Crippen molar-refractivity contribution in [2.45, 2.75) is 65.2 Å². The second-order valence-electron chi connectivity index (χ2n) is 5.19. The molecule has 0 unspecified atom stereocenters. The number of hydrogen-bond acceptors (Lipinski definition) is 0. The molecule has 0 nitrogen and oxygen atoms in total. The molecule has 21 heavy (non-hydrogen) atoms. The molecule has 0 N–H and O–H groups in total. The second-order valence-corrected chi connectivity index (χ2v) is 8.92. The van der Waals surface area contributed by atoms with E-state index in [0.717, 1.165) is 0 Å². The van der Waals surface area contributed by atoms with Crippen LogP contribution < -0.4 is 0 Å². The van der Waals surface area contributed by atoms with Crippen molar-refractivity contribution >= 4 is 17.0 Å². The third-order valence-corrected chi connectivity index (χ3v) is 3.40. The third kappa shape index (κ3) is 13.8. The summed E-state index contributed by atoms with van der Waals surface area (Å²) in [5.41, 5.74) is 3.22. The molecule has 2 rings (SSSR count). The van der Waals surface area contributed by atoms with Crippen LogP contribution in [0.5, 0.6) is 0 Å². The molecule has 2 aliphatic carbocycles. The molecule has 0 radical (unpaired) electrons. The van der Waals surface area contributed by atoms with E-state index < -0.39 is 20.8 Å². The number of unbranched alkanes of at least 4 members (excludes halogenated alkanes) is 2. The number of halogens is 2. The summed E-state index contributed by atoms with van der Waals surface area (Å²) in [5.74, 6) is 0. The van der Waals surface area contributed by atoms with E-state index in [1.807, 2.05) is 0 Å². The Morgan fingerprint density at radius 3 is 1.48 bits per heavy atom. The zero-order valence-corrected chi connectivity index (χ0v) is 17.3. The molecule has 0 heterocycles. The van der Waals surface area contributed by atoms with E-state index >= 15 is 0 Å². The van der Waals surface area contributed by atoms with Gasteiger partial charge in [-0.05, 0) is 38.5 Å². The van der Waals surface area contributed by atoms with E-state index in [1.54, 1.807) is 11.1 Å². The summed E-state index contributed by atoms with van der Waals surface area (Å²) < 4.78 is 0. The van der Waals surface area contributed by atoms with Gasteiger partial charge in [0.15, 0.2) is 0 Å². The molecule has 0 aromatic rings. The normalized spacial score (nSPS) is 14.7. The molecular formula is C18H28Cl2Zr. The summed E-state index contributed by atoms with van der Waals surface area (Å²) >= 11 is -0.826. The zero-order valence-electron chi connectivity index (χ0n) is 13.4. The van der Waals surface area contributed by atoms with Crippen molar-refractivity contribution in [1.82, 2.24) is 0 Å². The Morgan fingerprint density at radius 2 is 1.24 bits per heavy atom. The molecule has 0 bridgehead atoms. The van der Waals surface area contributed by atoms with E-state index in [9.17, 15) is 0 Å². The first-order chi connectivity index (χ1) is 10.3. The maximum absolute atomic E-state index is 4.93. The molecule has 0 spiro atoms. The summed E-state index contributed by atoms with van der Waals surface area (Å²) in [6, 6.07) is 0. The van der Waals surface area contributed by atoms with Gasteiger partial charge in [-0.2, -0.15) is 0 Å². The standard InChI is InChI=1S/2C9H14.2ClH.Zr/c2*1-2-3-6-9-7-4-5-8-9;;;/h2*4-5,7H,2-3,6,8H2,1H3;2*1H;/q;;;;+2/p-2. The van der Waals surface area contributed by atoms with Crippen LogP contribution in [0.3, 0.4) is 0 Å². The SMILES string of the molecule is CCCCC1=CC=CC1.CCCCC1=CC=CC1.[Cl][Zr][Cl]. The fourth-order valence-electron chi connectivity index (χ4n) is 2.16. The van der Waals surface area contributed by atoms with Crippen LogP contribution in [-0.2, 0) is 20.8 Å². The Hall–Kier alpha value is 0.423. The van der Waals surface area contributed by atoms with E-state index in [2.05, 4.69) is 50.3 Å². The average molecular weight is 407 g/mol. The van der Waals surface area contributed by atoms with Gasteiger partial charge >= 0.3 is 37.9 Å². The van der Waals surface area contributed by atoms with Gasteiger partial charge in [-0.25, -0.2) is 0 Å². The molecule has 0 saturated heterocycles. The molecule has 2 aliphatic rings. The second kappa shape index (κ2) is 16.8. The fourth-order valence-corrected chi connectivity index (χ4v) is 2.16. The van der Waals surface area contributed by atoms with Gasteiger partial charge in [-0.15, -0.1) is 0 Å². The molecule has 0 fully saturated rings. The van der Waals surface area contributed by atoms with Crippen molar-refractivity contribution in [1.29, 1.82) is 0 Å². The topological polar surface area (TPSA) is 0 Å². The van der Waals surface area contributed by atoms with Gasteiger partial charge in [0.2, 0.25) is 0 Å². The van der Waals surface area contributed by atoms with E-state index in [1.165, 1.54) is 51.4 Å². The predicted octanol–water partition coefficient (Wildman–Crippen LogP) is 7.50. The van der Waals surface area contributed by atoms with E-state index in [-0.39, 0.29) is 0 Å². The molecule has 0 saturated carbocycles. The van der Waals surface area contributed by atoms with Crippen LogP contribution in [0.15, 0.2) is 47.6 Å². The molecular weight excluding hydrogens is 378 g/mol. The van der Waals surface area contributed by atoms with Gasteiger partial charge in [0.25, 0.3) is 0 Å². The summed E-state index contributed by atoms with van der Waals surface area (Å²) in [7, 11) is 9.87. The van der Waals surface area contributed by atoms with E-state index in [0.29, 0.717) is 0 Å². The number of hydrogen-bond donors (Lipinski definition) is 0. The Morgan fingerprint density at radius 1 is 0.857 bits per heavy atom. The van der Waals surface area contributed by atoms with Crippen molar-refractivity contribution in [2.24, 2.45) is 0 Å². The van der Waals surface area contributed by atoms with Crippen LogP contribution in [0.4, 0.5) is 0 Å². The average Bonchev–Trinajstić information content (AvgIpc) is 3.18. The van der Waals surface area contributed by atoms with Gasteiger partial charge in [0, 0.05) is 0 Å². The van der Waals surface area contributed by atoms with Crippen LogP contribution in [0.1, 0.15) is 65.2 Å². The monoisotopic (exact) mass is 404 g/mol. The predicted molar refractivity (Wildman–Crippen MR) is 94.4 cm³/mol. The molecule has 0 amide bonds. The van der Waals surface area contributed by atoms with Gasteiger partial charge in [-0.1, -0.05) is 74.3 Å². The van der Waals surface area contributed by atoms with Crippen LogP contribution in [0.2, 0.25) is 0 Å². The molecule has 0 aromatic carbocycles. The first-order valence-electron chi connectivity index (χ1n) is 7.93. The molecule has 0 aliphatic heterocycles. The first kappa shape index (κ1) is 21.4. The Bertz CT molecular complexity index is 320. The quantitative estimate of drug-likeness (QED) is 0.428. The number of allylic oxidation sites excluding steroid dienone is 8. The minimum absolute atomic E-state index is 0.826. The molecule has 0 atom stereocenters. The van der Waals surface area contributed by atoms with Gasteiger partial charge in [0.1, 0.15) is 0 Å². The van der Waals surface area contributed by atoms with Gasteiger partial charge in [0.05, 0.1) is 0 Å². The summed E-state index contributed by atoms with van der Waals surface area (Å²) in [4.78, 5) is 0. The molecule has 0 aromatic heterocycles. The zero-order chi connectivity index (χ0) is 15.8. The summed E-state index contributed by atoms with van der Waals surface area (Å²) in [6.07, 6.45) is 23.6. The van der Waals surface area contributed by atoms with Gasteiger partial charge in [-0.3, -0.25) is 0 Å². The van der Waals surface area contributed by atoms with Crippen molar-refractivity contribution in [3.05, 3.63) is 47.6 Å². The fraction of sp³-hybridized carbons (Fsp3) is 0.556. The van der Waals surface area contributed by atoms with Crippen molar-refractivity contribution in [3.63, 3.8) is 0 Å². The first-order valence-corrected chi connectivity index (χ1v) is 14.3. The van der Waals surface area contributed by atoms with Crippen molar-refractivity contribution in [3.8, 4) is 0 Å². The minimum atomic E-state index is -0.826. The molecule has 3 heteroatoms. The summed E-state index contributed by atoms with van der Waals surface area (Å²) in [5, 5.41) is 0. The summed E-state index contributed by atoms with van der Waals surface area (Å²) in [6.45, 7) is 4.48. The Kier molecular flexibility index (Phi) is 17.1. The third-order valence-electron chi connectivity index (χ3n) is 3.40. The van der Waals surface area contributed by atoms with Crippen molar-refractivity contribution < 1.29 is 20.8 Å². The van der Waals surface area contributed by atoms with Crippen LogP contribution in [0.25, 0.3) is 0 Å². The maximum atomic E-state index is 4.93.